The summed E-state index contributed by atoms with van der Waals surface area (Å²) < 4.78 is 5.45. The van der Waals surface area contributed by atoms with Gasteiger partial charge in [0.05, 0.1) is 6.26 Å². The molecule has 2 rings (SSSR count). The lowest BCUT2D eigenvalue weighted by Crippen LogP contribution is -2.40. The van der Waals surface area contributed by atoms with Crippen LogP contribution in [0.1, 0.15) is 56.5 Å². The van der Waals surface area contributed by atoms with Gasteiger partial charge in [-0.3, -0.25) is 0 Å². The van der Waals surface area contributed by atoms with Crippen LogP contribution in [0.3, 0.4) is 0 Å². The van der Waals surface area contributed by atoms with Crippen molar-refractivity contribution in [3.63, 3.8) is 0 Å². The molecular formula is C15H25NO2. The standard InChI is InChI=1S/C15H25NO2/c1-3-12-4-7-15(10-16,8-5-12)14(17)13-11(2)6-9-18-13/h6,9,12,14,17H,3-5,7-8,10,16H2,1-2H3. The molecule has 0 spiro atoms. The van der Waals surface area contributed by atoms with Crippen molar-refractivity contribution in [3.05, 3.63) is 23.7 Å². The molecule has 18 heavy (non-hydrogen) atoms. The third kappa shape index (κ3) is 2.34. The number of aryl methyl sites for hydroxylation is 1. The van der Waals surface area contributed by atoms with E-state index >= 15 is 0 Å². The second-order valence-electron chi connectivity index (χ2n) is 5.79. The Morgan fingerprint density at radius 2 is 2.17 bits per heavy atom. The lowest BCUT2D eigenvalue weighted by molar-refractivity contribution is -0.0234. The fraction of sp³-hybridized carbons (Fsp3) is 0.733. The Kier molecular flexibility index (Phi) is 4.13. The van der Waals surface area contributed by atoms with Crippen molar-refractivity contribution in [2.45, 2.75) is 52.1 Å². The van der Waals surface area contributed by atoms with Crippen LogP contribution in [0.25, 0.3) is 0 Å². The topological polar surface area (TPSA) is 59.4 Å². The van der Waals surface area contributed by atoms with E-state index in [2.05, 4.69) is 6.92 Å². The third-order valence-electron chi connectivity index (χ3n) is 4.81. The maximum Gasteiger partial charge on any atom is 0.135 e. The van der Waals surface area contributed by atoms with Crippen molar-refractivity contribution in [1.82, 2.24) is 0 Å². The third-order valence-corrected chi connectivity index (χ3v) is 4.81. The molecular weight excluding hydrogens is 226 g/mol. The SMILES string of the molecule is CCC1CCC(CN)(C(O)c2occc2C)CC1. The average Bonchev–Trinajstić information content (AvgIpc) is 2.84. The van der Waals surface area contributed by atoms with Gasteiger partial charge in [0, 0.05) is 12.0 Å². The van der Waals surface area contributed by atoms with Gasteiger partial charge in [-0.15, -0.1) is 0 Å². The van der Waals surface area contributed by atoms with Gasteiger partial charge in [0.15, 0.2) is 0 Å². The Hall–Kier alpha value is -0.800. The minimum absolute atomic E-state index is 0.186. The molecule has 0 aliphatic heterocycles. The molecule has 3 nitrogen and oxygen atoms in total. The minimum atomic E-state index is -0.560. The van der Waals surface area contributed by atoms with E-state index in [0.717, 1.165) is 24.3 Å². The zero-order chi connectivity index (χ0) is 13.2. The highest BCUT2D eigenvalue weighted by atomic mass is 16.4. The predicted octanol–water partition coefficient (Wildman–Crippen LogP) is 3.17. The quantitative estimate of drug-likeness (QED) is 0.864. The summed E-state index contributed by atoms with van der Waals surface area (Å²) in [6, 6.07) is 1.90. The molecule has 0 amide bonds. The molecule has 0 radical (unpaired) electrons. The maximum absolute atomic E-state index is 10.7. The van der Waals surface area contributed by atoms with Gasteiger partial charge in [0.2, 0.25) is 0 Å². The van der Waals surface area contributed by atoms with Crippen LogP contribution in [0, 0.1) is 18.3 Å². The van der Waals surface area contributed by atoms with Crippen LogP contribution in [0.4, 0.5) is 0 Å². The molecule has 3 heteroatoms. The van der Waals surface area contributed by atoms with E-state index in [1.165, 1.54) is 19.3 Å². The number of furan rings is 1. The van der Waals surface area contributed by atoms with E-state index in [9.17, 15) is 5.11 Å². The lowest BCUT2D eigenvalue weighted by atomic mass is 9.66. The zero-order valence-corrected chi connectivity index (χ0v) is 11.5. The van der Waals surface area contributed by atoms with Crippen molar-refractivity contribution in [1.29, 1.82) is 0 Å². The molecule has 0 bridgehead atoms. The number of nitrogens with two attached hydrogens (primary N) is 1. The smallest absolute Gasteiger partial charge is 0.135 e. The monoisotopic (exact) mass is 251 g/mol. The Morgan fingerprint density at radius 1 is 1.50 bits per heavy atom. The number of aliphatic hydroxyl groups excluding tert-OH is 1. The maximum atomic E-state index is 10.7. The number of hydrogen-bond acceptors (Lipinski definition) is 3. The molecule has 1 heterocycles. The Morgan fingerprint density at radius 3 is 2.61 bits per heavy atom. The van der Waals surface area contributed by atoms with Crippen LogP contribution in [-0.2, 0) is 0 Å². The molecule has 1 aliphatic rings. The predicted molar refractivity (Wildman–Crippen MR) is 72.1 cm³/mol. The molecule has 1 fully saturated rings. The first-order valence-electron chi connectivity index (χ1n) is 7.05. The second-order valence-corrected chi connectivity index (χ2v) is 5.79. The Balaban J connectivity index is 2.16. The van der Waals surface area contributed by atoms with E-state index in [1.807, 2.05) is 13.0 Å². The molecule has 1 unspecified atom stereocenters. The summed E-state index contributed by atoms with van der Waals surface area (Å²) in [4.78, 5) is 0. The van der Waals surface area contributed by atoms with Gasteiger partial charge in [-0.2, -0.15) is 0 Å². The van der Waals surface area contributed by atoms with Crippen LogP contribution >= 0.6 is 0 Å². The van der Waals surface area contributed by atoms with Gasteiger partial charge in [-0.1, -0.05) is 13.3 Å². The van der Waals surface area contributed by atoms with Crippen LogP contribution in [-0.4, -0.2) is 11.7 Å². The molecule has 1 aliphatic carbocycles. The molecule has 1 aromatic heterocycles. The summed E-state index contributed by atoms with van der Waals surface area (Å²) >= 11 is 0. The number of aliphatic hydroxyl groups is 1. The normalized spacial score (nSPS) is 30.3. The fourth-order valence-corrected chi connectivity index (χ4v) is 3.19. The van der Waals surface area contributed by atoms with Gasteiger partial charge in [0.25, 0.3) is 0 Å². The first-order valence-corrected chi connectivity index (χ1v) is 7.05. The minimum Gasteiger partial charge on any atom is -0.466 e. The van der Waals surface area contributed by atoms with Crippen molar-refractivity contribution in [2.24, 2.45) is 17.1 Å². The summed E-state index contributed by atoms with van der Waals surface area (Å²) in [5.41, 5.74) is 6.82. The lowest BCUT2D eigenvalue weighted by Gasteiger charge is -2.42. The van der Waals surface area contributed by atoms with E-state index in [4.69, 9.17) is 10.2 Å². The first kappa shape index (κ1) is 13.6. The molecule has 1 aromatic rings. The molecule has 3 N–H and O–H groups in total. The first-order chi connectivity index (χ1) is 8.63. The summed E-state index contributed by atoms with van der Waals surface area (Å²) in [6.45, 7) is 4.75. The Bertz CT molecular complexity index is 378. The number of rotatable bonds is 4. The molecule has 1 saturated carbocycles. The van der Waals surface area contributed by atoms with Crippen LogP contribution in [0.5, 0.6) is 0 Å². The van der Waals surface area contributed by atoms with E-state index in [0.29, 0.717) is 12.3 Å². The number of hydrogen-bond donors (Lipinski definition) is 2. The zero-order valence-electron chi connectivity index (χ0n) is 11.5. The van der Waals surface area contributed by atoms with E-state index < -0.39 is 6.10 Å². The van der Waals surface area contributed by atoms with Crippen molar-refractivity contribution in [2.75, 3.05) is 6.54 Å². The van der Waals surface area contributed by atoms with Gasteiger partial charge in [0.1, 0.15) is 11.9 Å². The van der Waals surface area contributed by atoms with E-state index in [1.54, 1.807) is 6.26 Å². The van der Waals surface area contributed by atoms with Crippen molar-refractivity contribution in [3.8, 4) is 0 Å². The molecule has 102 valence electrons. The molecule has 0 aromatic carbocycles. The highest BCUT2D eigenvalue weighted by Crippen LogP contribution is 2.48. The van der Waals surface area contributed by atoms with Crippen molar-refractivity contribution >= 4 is 0 Å². The largest absolute Gasteiger partial charge is 0.466 e. The van der Waals surface area contributed by atoms with Crippen LogP contribution in [0.15, 0.2) is 16.7 Å². The molecule has 0 saturated heterocycles. The second kappa shape index (κ2) is 5.45. The summed E-state index contributed by atoms with van der Waals surface area (Å²) in [7, 11) is 0. The highest BCUT2D eigenvalue weighted by Gasteiger charge is 2.42. The van der Waals surface area contributed by atoms with Gasteiger partial charge < -0.3 is 15.3 Å². The van der Waals surface area contributed by atoms with Gasteiger partial charge in [-0.05, 0) is 50.2 Å². The van der Waals surface area contributed by atoms with Crippen LogP contribution in [0.2, 0.25) is 0 Å². The van der Waals surface area contributed by atoms with Crippen molar-refractivity contribution < 1.29 is 9.52 Å². The fourth-order valence-electron chi connectivity index (χ4n) is 3.19. The van der Waals surface area contributed by atoms with Gasteiger partial charge >= 0.3 is 0 Å². The van der Waals surface area contributed by atoms with E-state index in [-0.39, 0.29) is 5.41 Å². The summed E-state index contributed by atoms with van der Waals surface area (Å²) in [5.74, 6) is 1.50. The van der Waals surface area contributed by atoms with Gasteiger partial charge in [-0.25, -0.2) is 0 Å². The average molecular weight is 251 g/mol. The summed E-state index contributed by atoms with van der Waals surface area (Å²) in [5, 5.41) is 10.7. The van der Waals surface area contributed by atoms with Crippen LogP contribution < -0.4 is 5.73 Å². The Labute approximate surface area is 109 Å². The summed E-state index contributed by atoms with van der Waals surface area (Å²) in [6.07, 6.45) is 6.67. The highest BCUT2D eigenvalue weighted by molar-refractivity contribution is 5.19. The molecule has 1 atom stereocenters.